The van der Waals surface area contributed by atoms with Crippen molar-refractivity contribution in [2.24, 2.45) is 0 Å². The van der Waals surface area contributed by atoms with Gasteiger partial charge in [-0.2, -0.15) is 4.98 Å². The summed E-state index contributed by atoms with van der Waals surface area (Å²) in [7, 11) is 0. The molecule has 0 amide bonds. The highest BCUT2D eigenvalue weighted by Crippen LogP contribution is 2.25. The first-order valence-corrected chi connectivity index (χ1v) is 9.05. The van der Waals surface area contributed by atoms with Crippen molar-refractivity contribution in [3.63, 3.8) is 0 Å². The number of aryl methyl sites for hydroxylation is 1. The minimum Gasteiger partial charge on any atom is -0.478 e. The molecule has 0 saturated carbocycles. The van der Waals surface area contributed by atoms with Crippen molar-refractivity contribution in [2.45, 2.75) is 33.1 Å². The molecule has 28 heavy (non-hydrogen) atoms. The van der Waals surface area contributed by atoms with Gasteiger partial charge in [0.25, 0.3) is 0 Å². The highest BCUT2D eigenvalue weighted by Gasteiger charge is 2.13. The number of hydrogen-bond acceptors (Lipinski definition) is 5. The molecule has 0 atom stereocenters. The van der Waals surface area contributed by atoms with Gasteiger partial charge in [0.2, 0.25) is 5.95 Å². The van der Waals surface area contributed by atoms with E-state index < -0.39 is 5.97 Å². The average molecular weight is 376 g/mol. The van der Waals surface area contributed by atoms with Crippen molar-refractivity contribution >= 4 is 29.1 Å². The number of aromatic nitrogens is 2. The third kappa shape index (κ3) is 4.65. The first-order valence-electron chi connectivity index (χ1n) is 9.05. The van der Waals surface area contributed by atoms with E-state index in [1.54, 1.807) is 30.3 Å². The Morgan fingerprint density at radius 3 is 2.29 bits per heavy atom. The molecule has 0 radical (unpaired) electrons. The van der Waals surface area contributed by atoms with Crippen LogP contribution in [0.15, 0.2) is 54.6 Å². The zero-order valence-electron chi connectivity index (χ0n) is 16.4. The summed E-state index contributed by atoms with van der Waals surface area (Å²) in [5, 5.41) is 15.6. The lowest BCUT2D eigenvalue weighted by Crippen LogP contribution is -2.10. The number of rotatable bonds is 5. The maximum absolute atomic E-state index is 11.4. The zero-order chi connectivity index (χ0) is 20.3. The highest BCUT2D eigenvalue weighted by molar-refractivity contribution is 5.95. The zero-order valence-corrected chi connectivity index (χ0v) is 16.4. The molecule has 0 spiro atoms. The van der Waals surface area contributed by atoms with Gasteiger partial charge in [-0.05, 0) is 42.2 Å². The SMILES string of the molecule is Cc1cc(Nc2ccccc2C(=O)O)nc(Nc2ccc(C(C)(C)C)cc2)n1. The number of aromatic carboxylic acids is 1. The predicted octanol–water partition coefficient (Wildman–Crippen LogP) is 5.27. The van der Waals surface area contributed by atoms with E-state index in [-0.39, 0.29) is 11.0 Å². The van der Waals surface area contributed by atoms with Crippen molar-refractivity contribution in [3.8, 4) is 0 Å². The molecule has 0 bridgehead atoms. The molecule has 0 aliphatic heterocycles. The molecular weight excluding hydrogens is 352 g/mol. The molecule has 1 aromatic heterocycles. The predicted molar refractivity (Wildman–Crippen MR) is 112 cm³/mol. The molecule has 3 N–H and O–H groups in total. The molecule has 144 valence electrons. The van der Waals surface area contributed by atoms with Crippen molar-refractivity contribution < 1.29 is 9.90 Å². The fraction of sp³-hybridized carbons (Fsp3) is 0.227. The Labute approximate surface area is 164 Å². The number of carboxylic acid groups (broad SMARTS) is 1. The number of para-hydroxylation sites is 1. The Kier molecular flexibility index (Phi) is 5.31. The van der Waals surface area contributed by atoms with Crippen molar-refractivity contribution in [3.05, 3.63) is 71.4 Å². The van der Waals surface area contributed by atoms with Crippen LogP contribution in [0.2, 0.25) is 0 Å². The Bertz CT molecular complexity index is 992. The van der Waals surface area contributed by atoms with Crippen LogP contribution in [-0.2, 0) is 5.41 Å². The van der Waals surface area contributed by atoms with Gasteiger partial charge in [0.1, 0.15) is 5.82 Å². The lowest BCUT2D eigenvalue weighted by Gasteiger charge is -2.19. The van der Waals surface area contributed by atoms with Crippen LogP contribution < -0.4 is 10.6 Å². The standard InChI is InChI=1S/C22H24N4O2/c1-14-13-19(25-18-8-6-5-7-17(18)20(27)28)26-21(23-14)24-16-11-9-15(10-12-16)22(2,3)4/h5-13H,1-4H3,(H,27,28)(H2,23,24,25,26). The molecule has 2 aromatic carbocycles. The molecule has 6 nitrogen and oxygen atoms in total. The van der Waals surface area contributed by atoms with E-state index in [1.165, 1.54) is 5.56 Å². The van der Waals surface area contributed by atoms with E-state index in [0.29, 0.717) is 17.5 Å². The van der Waals surface area contributed by atoms with Crippen LogP contribution in [0.25, 0.3) is 0 Å². The van der Waals surface area contributed by atoms with Crippen LogP contribution in [0, 0.1) is 6.92 Å². The lowest BCUT2D eigenvalue weighted by molar-refractivity contribution is 0.0698. The molecule has 0 aliphatic rings. The molecule has 0 fully saturated rings. The molecule has 3 aromatic rings. The van der Waals surface area contributed by atoms with Gasteiger partial charge >= 0.3 is 5.97 Å². The Balaban J connectivity index is 1.83. The summed E-state index contributed by atoms with van der Waals surface area (Å²) in [6.45, 7) is 8.38. The van der Waals surface area contributed by atoms with Gasteiger partial charge < -0.3 is 15.7 Å². The van der Waals surface area contributed by atoms with Gasteiger partial charge in [0.05, 0.1) is 11.3 Å². The molecule has 3 rings (SSSR count). The molecule has 1 heterocycles. The van der Waals surface area contributed by atoms with E-state index in [1.807, 2.05) is 19.1 Å². The third-order valence-corrected chi connectivity index (χ3v) is 4.28. The Hall–Kier alpha value is -3.41. The number of carboxylic acids is 1. The normalized spacial score (nSPS) is 11.1. The lowest BCUT2D eigenvalue weighted by atomic mass is 9.87. The second-order valence-corrected chi connectivity index (χ2v) is 7.65. The van der Waals surface area contributed by atoms with E-state index in [2.05, 4.69) is 53.5 Å². The fourth-order valence-corrected chi connectivity index (χ4v) is 2.79. The van der Waals surface area contributed by atoms with Crippen LogP contribution in [0.1, 0.15) is 42.4 Å². The summed E-state index contributed by atoms with van der Waals surface area (Å²) in [6.07, 6.45) is 0. The molecule has 0 saturated heterocycles. The van der Waals surface area contributed by atoms with Crippen molar-refractivity contribution in [2.75, 3.05) is 10.6 Å². The summed E-state index contributed by atoms with van der Waals surface area (Å²) in [6, 6.07) is 16.7. The number of benzene rings is 2. The maximum Gasteiger partial charge on any atom is 0.337 e. The second kappa shape index (κ2) is 7.68. The first kappa shape index (κ1) is 19.4. The number of nitrogens with one attached hydrogen (secondary N) is 2. The van der Waals surface area contributed by atoms with Gasteiger partial charge in [0.15, 0.2) is 0 Å². The average Bonchev–Trinajstić information content (AvgIpc) is 2.61. The van der Waals surface area contributed by atoms with Crippen LogP contribution >= 0.6 is 0 Å². The van der Waals surface area contributed by atoms with E-state index in [0.717, 1.165) is 11.4 Å². The molecular formula is C22H24N4O2. The third-order valence-electron chi connectivity index (χ3n) is 4.28. The molecule has 0 unspecified atom stereocenters. The first-order chi connectivity index (χ1) is 13.2. The minimum atomic E-state index is -0.994. The molecule has 0 aliphatic carbocycles. The van der Waals surface area contributed by atoms with Gasteiger partial charge in [-0.15, -0.1) is 0 Å². The van der Waals surface area contributed by atoms with Crippen molar-refractivity contribution in [1.82, 2.24) is 9.97 Å². The highest BCUT2D eigenvalue weighted by atomic mass is 16.4. The number of nitrogens with zero attached hydrogens (tertiary/aromatic N) is 2. The Morgan fingerprint density at radius 1 is 0.964 bits per heavy atom. The van der Waals surface area contributed by atoms with E-state index in [9.17, 15) is 9.90 Å². The van der Waals surface area contributed by atoms with Gasteiger partial charge in [-0.1, -0.05) is 45.0 Å². The largest absolute Gasteiger partial charge is 0.478 e. The monoisotopic (exact) mass is 376 g/mol. The number of carbonyl (C=O) groups is 1. The fourth-order valence-electron chi connectivity index (χ4n) is 2.79. The summed E-state index contributed by atoms with van der Waals surface area (Å²) < 4.78 is 0. The van der Waals surface area contributed by atoms with Crippen LogP contribution in [0.3, 0.4) is 0 Å². The number of hydrogen-bond donors (Lipinski definition) is 3. The molecule has 6 heteroatoms. The van der Waals surface area contributed by atoms with Crippen LogP contribution in [0.4, 0.5) is 23.1 Å². The summed E-state index contributed by atoms with van der Waals surface area (Å²) >= 11 is 0. The summed E-state index contributed by atoms with van der Waals surface area (Å²) in [4.78, 5) is 20.3. The summed E-state index contributed by atoms with van der Waals surface area (Å²) in [5.41, 5.74) is 3.65. The smallest absolute Gasteiger partial charge is 0.337 e. The van der Waals surface area contributed by atoms with E-state index >= 15 is 0 Å². The summed E-state index contributed by atoms with van der Waals surface area (Å²) in [5.74, 6) is -0.0278. The second-order valence-electron chi connectivity index (χ2n) is 7.65. The quantitative estimate of drug-likeness (QED) is 0.562. The van der Waals surface area contributed by atoms with Gasteiger partial charge in [-0.3, -0.25) is 0 Å². The van der Waals surface area contributed by atoms with E-state index in [4.69, 9.17) is 0 Å². The topological polar surface area (TPSA) is 87.1 Å². The van der Waals surface area contributed by atoms with Crippen LogP contribution in [-0.4, -0.2) is 21.0 Å². The Morgan fingerprint density at radius 2 is 1.64 bits per heavy atom. The van der Waals surface area contributed by atoms with Crippen molar-refractivity contribution in [1.29, 1.82) is 0 Å². The van der Waals surface area contributed by atoms with Gasteiger partial charge in [0, 0.05) is 17.4 Å². The van der Waals surface area contributed by atoms with Gasteiger partial charge in [-0.25, -0.2) is 9.78 Å². The minimum absolute atomic E-state index is 0.0903. The van der Waals surface area contributed by atoms with Crippen LogP contribution in [0.5, 0.6) is 0 Å². The number of anilines is 4. The maximum atomic E-state index is 11.4.